The number of nitrogens with zero attached hydrogens (tertiary/aromatic N) is 1. The topological polar surface area (TPSA) is 60.8 Å². The Morgan fingerprint density at radius 1 is 1.43 bits per heavy atom. The number of amides is 1. The van der Waals surface area contributed by atoms with Crippen LogP contribution in [0, 0.1) is 0 Å². The molecule has 0 bridgehead atoms. The van der Waals surface area contributed by atoms with Crippen LogP contribution in [0.25, 0.3) is 0 Å². The van der Waals surface area contributed by atoms with Crippen molar-refractivity contribution in [2.75, 3.05) is 13.1 Å². The summed E-state index contributed by atoms with van der Waals surface area (Å²) in [6.07, 6.45) is 1.07. The number of hydrogen-bond acceptors (Lipinski definition) is 3. The third-order valence-electron chi connectivity index (χ3n) is 2.39. The van der Waals surface area contributed by atoms with Crippen LogP contribution in [0.15, 0.2) is 11.6 Å². The molecule has 1 fully saturated rings. The smallest absolute Gasteiger partial charge is 0.249 e. The van der Waals surface area contributed by atoms with E-state index in [-0.39, 0.29) is 19.0 Å². The Morgan fingerprint density at radius 2 is 1.93 bits per heavy atom. The van der Waals surface area contributed by atoms with Crippen LogP contribution in [0.3, 0.4) is 0 Å². The molecule has 14 heavy (non-hydrogen) atoms. The zero-order valence-corrected chi connectivity index (χ0v) is 8.60. The van der Waals surface area contributed by atoms with Crippen LogP contribution >= 0.6 is 0 Å². The highest BCUT2D eigenvalue weighted by atomic mass is 16.3. The predicted molar refractivity (Wildman–Crippen MR) is 52.6 cm³/mol. The average Bonchev–Trinajstić information content (AvgIpc) is 2.46. The quantitative estimate of drug-likeness (QED) is 0.611. The van der Waals surface area contributed by atoms with Crippen LogP contribution in [0.4, 0.5) is 0 Å². The second-order valence-electron chi connectivity index (χ2n) is 3.64. The molecule has 1 saturated heterocycles. The van der Waals surface area contributed by atoms with Crippen molar-refractivity contribution in [2.24, 2.45) is 0 Å². The lowest BCUT2D eigenvalue weighted by molar-refractivity contribution is -0.126. The standard InChI is InChI=1S/C10H17NO3/c1-3-4-7(2)10(14)11-5-8(12)9(13)6-11/h4,8-9,12-13H,3,5-6H2,1-2H3/t8-,9+. The molecule has 1 amide bonds. The van der Waals surface area contributed by atoms with Gasteiger partial charge in [0.05, 0.1) is 12.2 Å². The minimum Gasteiger partial charge on any atom is -0.388 e. The minimum atomic E-state index is -0.798. The number of β-amino-alcohol motifs (C(OH)–C–C–N with tert-alkyl or cyclic N) is 2. The van der Waals surface area contributed by atoms with Gasteiger partial charge in [-0.1, -0.05) is 13.0 Å². The lowest BCUT2D eigenvalue weighted by Crippen LogP contribution is -2.30. The Hall–Kier alpha value is -0.870. The van der Waals surface area contributed by atoms with E-state index in [9.17, 15) is 15.0 Å². The molecule has 0 aliphatic carbocycles. The fraction of sp³-hybridized carbons (Fsp3) is 0.700. The Kier molecular flexibility index (Phi) is 3.66. The molecule has 2 atom stereocenters. The highest BCUT2D eigenvalue weighted by Gasteiger charge is 2.32. The van der Waals surface area contributed by atoms with Gasteiger partial charge in [0.25, 0.3) is 0 Å². The molecule has 0 aromatic heterocycles. The maximum Gasteiger partial charge on any atom is 0.249 e. The summed E-state index contributed by atoms with van der Waals surface area (Å²) in [5.41, 5.74) is 0.675. The zero-order valence-electron chi connectivity index (χ0n) is 8.60. The summed E-state index contributed by atoms with van der Waals surface area (Å²) in [5, 5.41) is 18.5. The van der Waals surface area contributed by atoms with E-state index < -0.39 is 12.2 Å². The average molecular weight is 199 g/mol. The van der Waals surface area contributed by atoms with Gasteiger partial charge in [-0.25, -0.2) is 0 Å². The molecule has 4 nitrogen and oxygen atoms in total. The van der Waals surface area contributed by atoms with Crippen molar-refractivity contribution in [3.63, 3.8) is 0 Å². The molecule has 0 aromatic rings. The Balaban J connectivity index is 2.59. The van der Waals surface area contributed by atoms with Crippen LogP contribution < -0.4 is 0 Å². The highest BCUT2D eigenvalue weighted by Crippen LogP contribution is 2.13. The molecule has 1 aliphatic rings. The van der Waals surface area contributed by atoms with Gasteiger partial charge in [0.2, 0.25) is 5.91 Å². The van der Waals surface area contributed by atoms with Gasteiger partial charge in [-0.2, -0.15) is 0 Å². The molecule has 2 N–H and O–H groups in total. The molecule has 0 saturated carbocycles. The van der Waals surface area contributed by atoms with E-state index in [1.165, 1.54) is 4.90 Å². The molecule has 0 unspecified atom stereocenters. The third-order valence-corrected chi connectivity index (χ3v) is 2.39. The van der Waals surface area contributed by atoms with E-state index in [1.54, 1.807) is 6.92 Å². The zero-order chi connectivity index (χ0) is 10.7. The number of rotatable bonds is 2. The number of hydrogen-bond donors (Lipinski definition) is 2. The molecule has 80 valence electrons. The number of carbonyl (C=O) groups excluding carboxylic acids is 1. The maximum absolute atomic E-state index is 11.7. The number of carbonyl (C=O) groups is 1. The Morgan fingerprint density at radius 3 is 2.36 bits per heavy atom. The molecule has 0 aromatic carbocycles. The molecule has 0 spiro atoms. The van der Waals surface area contributed by atoms with Crippen molar-refractivity contribution in [3.05, 3.63) is 11.6 Å². The molecule has 0 radical (unpaired) electrons. The first-order valence-corrected chi connectivity index (χ1v) is 4.88. The normalized spacial score (nSPS) is 28.3. The van der Waals surface area contributed by atoms with Gasteiger partial charge in [-0.3, -0.25) is 4.79 Å². The first kappa shape index (κ1) is 11.2. The SMILES string of the molecule is CCC=C(C)C(=O)N1C[C@@H](O)[C@@H](O)C1. The van der Waals surface area contributed by atoms with Crippen LogP contribution in [0.5, 0.6) is 0 Å². The van der Waals surface area contributed by atoms with E-state index >= 15 is 0 Å². The number of allylic oxidation sites excluding steroid dienone is 1. The lowest BCUT2D eigenvalue weighted by Gasteiger charge is -2.15. The largest absolute Gasteiger partial charge is 0.388 e. The summed E-state index contributed by atoms with van der Waals surface area (Å²) < 4.78 is 0. The van der Waals surface area contributed by atoms with Crippen molar-refractivity contribution in [2.45, 2.75) is 32.5 Å². The van der Waals surface area contributed by atoms with Gasteiger partial charge in [0, 0.05) is 18.7 Å². The van der Waals surface area contributed by atoms with Crippen LogP contribution in [-0.4, -0.2) is 46.3 Å². The van der Waals surface area contributed by atoms with Crippen molar-refractivity contribution in [3.8, 4) is 0 Å². The predicted octanol–water partition coefficient (Wildman–Crippen LogP) is -0.0933. The monoisotopic (exact) mass is 199 g/mol. The number of likely N-dealkylation sites (tertiary alicyclic amines) is 1. The van der Waals surface area contributed by atoms with Crippen molar-refractivity contribution >= 4 is 5.91 Å². The van der Waals surface area contributed by atoms with E-state index in [0.29, 0.717) is 5.57 Å². The van der Waals surface area contributed by atoms with E-state index in [4.69, 9.17) is 0 Å². The summed E-state index contributed by atoms with van der Waals surface area (Å²) >= 11 is 0. The number of aliphatic hydroxyl groups is 2. The molecule has 4 heteroatoms. The Bertz CT molecular complexity index is 240. The van der Waals surface area contributed by atoms with E-state index in [1.807, 2.05) is 13.0 Å². The summed E-state index contributed by atoms with van der Waals surface area (Å²) in [7, 11) is 0. The van der Waals surface area contributed by atoms with Crippen molar-refractivity contribution < 1.29 is 15.0 Å². The Labute approximate surface area is 83.8 Å². The number of aliphatic hydroxyl groups excluding tert-OH is 2. The first-order valence-electron chi connectivity index (χ1n) is 4.88. The van der Waals surface area contributed by atoms with Gasteiger partial charge in [-0.05, 0) is 13.3 Å². The second kappa shape index (κ2) is 4.57. The van der Waals surface area contributed by atoms with Crippen molar-refractivity contribution in [1.29, 1.82) is 0 Å². The summed E-state index contributed by atoms with van der Waals surface area (Å²) in [5.74, 6) is -0.0950. The highest BCUT2D eigenvalue weighted by molar-refractivity contribution is 5.93. The van der Waals surface area contributed by atoms with Gasteiger partial charge in [-0.15, -0.1) is 0 Å². The fourth-order valence-corrected chi connectivity index (χ4v) is 1.58. The molecular formula is C10H17NO3. The van der Waals surface area contributed by atoms with E-state index in [0.717, 1.165) is 6.42 Å². The van der Waals surface area contributed by atoms with E-state index in [2.05, 4.69) is 0 Å². The summed E-state index contributed by atoms with van der Waals surface area (Å²) in [4.78, 5) is 13.1. The van der Waals surface area contributed by atoms with Crippen LogP contribution in [0.1, 0.15) is 20.3 Å². The molecular weight excluding hydrogens is 182 g/mol. The maximum atomic E-state index is 11.7. The second-order valence-corrected chi connectivity index (χ2v) is 3.64. The third kappa shape index (κ3) is 2.33. The minimum absolute atomic E-state index is 0.0950. The molecule has 1 rings (SSSR count). The van der Waals surface area contributed by atoms with Gasteiger partial charge in [0.15, 0.2) is 0 Å². The fourth-order valence-electron chi connectivity index (χ4n) is 1.58. The summed E-state index contributed by atoms with van der Waals surface area (Å²) in [6, 6.07) is 0. The lowest BCUT2D eigenvalue weighted by atomic mass is 10.2. The van der Waals surface area contributed by atoms with Gasteiger partial charge >= 0.3 is 0 Å². The summed E-state index contributed by atoms with van der Waals surface area (Å²) in [6.45, 7) is 4.18. The van der Waals surface area contributed by atoms with Crippen molar-refractivity contribution in [1.82, 2.24) is 4.90 Å². The van der Waals surface area contributed by atoms with Crippen LogP contribution in [0.2, 0.25) is 0 Å². The molecule has 1 heterocycles. The molecule has 1 aliphatic heterocycles. The first-order chi connectivity index (χ1) is 6.56. The van der Waals surface area contributed by atoms with Crippen LogP contribution in [-0.2, 0) is 4.79 Å². The van der Waals surface area contributed by atoms with Gasteiger partial charge < -0.3 is 15.1 Å². The van der Waals surface area contributed by atoms with Gasteiger partial charge in [0.1, 0.15) is 0 Å².